The molecule has 0 amide bonds. The molecule has 1 heterocycles. The second-order valence-electron chi connectivity index (χ2n) is 4.89. The van der Waals surface area contributed by atoms with Crippen molar-refractivity contribution in [2.75, 3.05) is 30.2 Å². The van der Waals surface area contributed by atoms with E-state index in [4.69, 9.17) is 9.47 Å². The Morgan fingerprint density at radius 1 is 1.20 bits per heavy atom. The van der Waals surface area contributed by atoms with Crippen molar-refractivity contribution < 1.29 is 17.9 Å². The van der Waals surface area contributed by atoms with Gasteiger partial charge < -0.3 is 14.8 Å². The van der Waals surface area contributed by atoms with Gasteiger partial charge in [-0.05, 0) is 12.1 Å². The van der Waals surface area contributed by atoms with Gasteiger partial charge in [0.15, 0.2) is 11.5 Å². The topological polar surface area (TPSA) is 76.7 Å². The summed E-state index contributed by atoms with van der Waals surface area (Å²) in [5.74, 6) is 1.23. The van der Waals surface area contributed by atoms with Crippen LogP contribution in [-0.4, -0.2) is 40.0 Å². The summed E-state index contributed by atoms with van der Waals surface area (Å²) < 4.78 is 37.2. The molecule has 6 nitrogen and oxygen atoms in total. The number of fused-ring (bicyclic) bond motifs is 1. The first-order valence-corrected chi connectivity index (χ1v) is 8.25. The maximum Gasteiger partial charge on any atom is 0.233 e. The van der Waals surface area contributed by atoms with E-state index in [1.165, 1.54) is 0 Å². The van der Waals surface area contributed by atoms with E-state index in [1.54, 1.807) is 18.2 Å². The molecule has 0 bridgehead atoms. The van der Waals surface area contributed by atoms with Crippen molar-refractivity contribution in [2.45, 2.75) is 19.9 Å². The van der Waals surface area contributed by atoms with Crippen LogP contribution in [0.25, 0.3) is 0 Å². The summed E-state index contributed by atoms with van der Waals surface area (Å²) in [6.07, 6.45) is 0. The zero-order valence-electron chi connectivity index (χ0n) is 11.7. The van der Waals surface area contributed by atoms with Crippen molar-refractivity contribution in [3.8, 4) is 11.5 Å². The first-order chi connectivity index (χ1) is 9.46. The highest BCUT2D eigenvalue weighted by Gasteiger charge is 2.15. The third kappa shape index (κ3) is 4.28. The Kier molecular flexibility index (Phi) is 4.72. The molecule has 0 aliphatic carbocycles. The van der Waals surface area contributed by atoms with Gasteiger partial charge in [0.1, 0.15) is 13.2 Å². The molecule has 112 valence electrons. The van der Waals surface area contributed by atoms with Crippen LogP contribution in [0.1, 0.15) is 13.8 Å². The monoisotopic (exact) mass is 300 g/mol. The molecule has 0 radical (unpaired) electrons. The highest BCUT2D eigenvalue weighted by atomic mass is 32.2. The molecular weight excluding hydrogens is 280 g/mol. The Bertz CT molecular complexity index is 557. The molecule has 0 saturated heterocycles. The van der Waals surface area contributed by atoms with Crippen molar-refractivity contribution in [1.29, 1.82) is 0 Å². The SMILES string of the molecule is CC(C)NCCS(=O)(=O)Nc1ccc2c(c1)OCCO2. The van der Waals surface area contributed by atoms with E-state index < -0.39 is 10.0 Å². The number of rotatable bonds is 6. The summed E-state index contributed by atoms with van der Waals surface area (Å²) >= 11 is 0. The predicted molar refractivity (Wildman–Crippen MR) is 78.0 cm³/mol. The molecule has 1 aromatic rings. The fourth-order valence-corrected chi connectivity index (χ4v) is 2.79. The lowest BCUT2D eigenvalue weighted by atomic mass is 10.3. The van der Waals surface area contributed by atoms with Crippen LogP contribution in [0.2, 0.25) is 0 Å². The second kappa shape index (κ2) is 6.32. The zero-order chi connectivity index (χ0) is 14.6. The molecule has 0 unspecified atom stereocenters. The molecule has 0 spiro atoms. The van der Waals surface area contributed by atoms with E-state index in [2.05, 4.69) is 10.0 Å². The van der Waals surface area contributed by atoms with Gasteiger partial charge in [-0.3, -0.25) is 4.72 Å². The first kappa shape index (κ1) is 14.9. The van der Waals surface area contributed by atoms with E-state index in [0.717, 1.165) is 0 Å². The minimum atomic E-state index is -3.37. The van der Waals surface area contributed by atoms with Gasteiger partial charge in [-0.2, -0.15) is 0 Å². The summed E-state index contributed by atoms with van der Waals surface area (Å²) in [4.78, 5) is 0. The Morgan fingerprint density at radius 2 is 1.90 bits per heavy atom. The normalized spacial score (nSPS) is 14.3. The standard InChI is InChI=1S/C13H20N2O4S/c1-10(2)14-5-8-20(16,17)15-11-3-4-12-13(9-11)19-7-6-18-12/h3-4,9-10,14-15H,5-8H2,1-2H3. The molecule has 2 N–H and O–H groups in total. The minimum absolute atomic E-state index is 0.0274. The maximum atomic E-state index is 11.9. The molecule has 7 heteroatoms. The molecule has 1 aromatic carbocycles. The average Bonchev–Trinajstić information content (AvgIpc) is 2.37. The number of hydrogen-bond donors (Lipinski definition) is 2. The van der Waals surface area contributed by atoms with Gasteiger partial charge in [-0.15, -0.1) is 0 Å². The van der Waals surface area contributed by atoms with Crippen LogP contribution < -0.4 is 19.5 Å². The lowest BCUT2D eigenvalue weighted by molar-refractivity contribution is 0.171. The van der Waals surface area contributed by atoms with Gasteiger partial charge in [0.2, 0.25) is 10.0 Å². The molecule has 0 atom stereocenters. The van der Waals surface area contributed by atoms with Crippen LogP contribution in [0.5, 0.6) is 11.5 Å². The van der Waals surface area contributed by atoms with Gasteiger partial charge in [0, 0.05) is 18.7 Å². The molecule has 0 aromatic heterocycles. The number of anilines is 1. The Labute approximate surface area is 119 Å². The van der Waals surface area contributed by atoms with Crippen LogP contribution in [0.4, 0.5) is 5.69 Å². The lowest BCUT2D eigenvalue weighted by Crippen LogP contribution is -2.30. The number of sulfonamides is 1. The van der Waals surface area contributed by atoms with Gasteiger partial charge in [0.05, 0.1) is 11.4 Å². The highest BCUT2D eigenvalue weighted by Crippen LogP contribution is 2.32. The molecule has 1 aliphatic rings. The third-order valence-electron chi connectivity index (χ3n) is 2.74. The van der Waals surface area contributed by atoms with Crippen molar-refractivity contribution >= 4 is 15.7 Å². The van der Waals surface area contributed by atoms with Crippen LogP contribution in [0.3, 0.4) is 0 Å². The third-order valence-corrected chi connectivity index (χ3v) is 4.03. The zero-order valence-corrected chi connectivity index (χ0v) is 12.5. The fourth-order valence-electron chi connectivity index (χ4n) is 1.82. The number of hydrogen-bond acceptors (Lipinski definition) is 5. The van der Waals surface area contributed by atoms with Crippen LogP contribution in [0.15, 0.2) is 18.2 Å². The Morgan fingerprint density at radius 3 is 2.60 bits per heavy atom. The molecule has 0 saturated carbocycles. The largest absolute Gasteiger partial charge is 0.486 e. The van der Waals surface area contributed by atoms with Gasteiger partial charge in [-0.1, -0.05) is 13.8 Å². The van der Waals surface area contributed by atoms with E-state index in [1.807, 2.05) is 13.8 Å². The van der Waals surface area contributed by atoms with Crippen LogP contribution in [0, 0.1) is 0 Å². The summed E-state index contributed by atoms with van der Waals surface area (Å²) in [6, 6.07) is 5.28. The van der Waals surface area contributed by atoms with Crippen LogP contribution in [-0.2, 0) is 10.0 Å². The van der Waals surface area contributed by atoms with E-state index in [0.29, 0.717) is 36.9 Å². The quantitative estimate of drug-likeness (QED) is 0.825. The Hall–Kier alpha value is -1.47. The summed E-state index contributed by atoms with van der Waals surface area (Å²) in [5, 5.41) is 3.07. The van der Waals surface area contributed by atoms with Crippen molar-refractivity contribution in [3.05, 3.63) is 18.2 Å². The predicted octanol–water partition coefficient (Wildman–Crippen LogP) is 1.20. The molecule has 0 fully saturated rings. The highest BCUT2D eigenvalue weighted by molar-refractivity contribution is 7.92. The number of nitrogens with one attached hydrogen (secondary N) is 2. The summed E-state index contributed by atoms with van der Waals surface area (Å²) in [7, 11) is -3.37. The van der Waals surface area contributed by atoms with Gasteiger partial charge in [-0.25, -0.2) is 8.42 Å². The van der Waals surface area contributed by atoms with Gasteiger partial charge >= 0.3 is 0 Å². The molecule has 2 rings (SSSR count). The maximum absolute atomic E-state index is 11.9. The summed E-state index contributed by atoms with van der Waals surface area (Å²) in [5.41, 5.74) is 0.485. The van der Waals surface area contributed by atoms with Crippen molar-refractivity contribution in [3.63, 3.8) is 0 Å². The fraction of sp³-hybridized carbons (Fsp3) is 0.538. The van der Waals surface area contributed by atoms with Crippen molar-refractivity contribution in [2.24, 2.45) is 0 Å². The molecule has 20 heavy (non-hydrogen) atoms. The molecular formula is C13H20N2O4S. The second-order valence-corrected chi connectivity index (χ2v) is 6.73. The number of benzene rings is 1. The van der Waals surface area contributed by atoms with Crippen LogP contribution >= 0.6 is 0 Å². The smallest absolute Gasteiger partial charge is 0.233 e. The average molecular weight is 300 g/mol. The summed E-state index contributed by atoms with van der Waals surface area (Å²) in [6.45, 7) is 5.35. The Balaban J connectivity index is 1.98. The van der Waals surface area contributed by atoms with E-state index in [-0.39, 0.29) is 11.8 Å². The lowest BCUT2D eigenvalue weighted by Gasteiger charge is -2.19. The van der Waals surface area contributed by atoms with Crippen molar-refractivity contribution in [1.82, 2.24) is 5.32 Å². The first-order valence-electron chi connectivity index (χ1n) is 6.60. The molecule has 1 aliphatic heterocycles. The van der Waals surface area contributed by atoms with E-state index in [9.17, 15) is 8.42 Å². The van der Waals surface area contributed by atoms with E-state index >= 15 is 0 Å². The van der Waals surface area contributed by atoms with Gasteiger partial charge in [0.25, 0.3) is 0 Å². The minimum Gasteiger partial charge on any atom is -0.486 e. The number of ether oxygens (including phenoxy) is 2.